The number of thiophene rings is 1. The molecule has 2 N–H and O–H groups in total. The summed E-state index contributed by atoms with van der Waals surface area (Å²) in [6, 6.07) is 1.25. The molecule has 0 fully saturated rings. The summed E-state index contributed by atoms with van der Waals surface area (Å²) >= 11 is 1.43. The molecular formula is C15H13N3O5S. The van der Waals surface area contributed by atoms with Crippen molar-refractivity contribution < 1.29 is 19.4 Å². The van der Waals surface area contributed by atoms with Crippen LogP contribution in [0.2, 0.25) is 0 Å². The van der Waals surface area contributed by atoms with Gasteiger partial charge in [0, 0.05) is 12.4 Å². The number of H-pyrrole nitrogens is 1. The van der Waals surface area contributed by atoms with Crippen LogP contribution in [-0.2, 0) is 9.53 Å². The third-order valence-electron chi connectivity index (χ3n) is 3.64. The normalized spacial score (nSPS) is 12.2. The van der Waals surface area contributed by atoms with E-state index in [9.17, 15) is 19.5 Å². The summed E-state index contributed by atoms with van der Waals surface area (Å²) in [5.41, 5.74) is 0.812. The summed E-state index contributed by atoms with van der Waals surface area (Å²) in [5.74, 6) is -1.65. The van der Waals surface area contributed by atoms with E-state index in [1.165, 1.54) is 30.8 Å². The van der Waals surface area contributed by atoms with Crippen LogP contribution in [0.5, 0.6) is 0 Å². The molecule has 0 aromatic carbocycles. The van der Waals surface area contributed by atoms with Crippen molar-refractivity contribution in [2.24, 2.45) is 0 Å². The third kappa shape index (κ3) is 2.81. The predicted octanol–water partition coefficient (Wildman–Crippen LogP) is 1.59. The van der Waals surface area contributed by atoms with Gasteiger partial charge >= 0.3 is 11.9 Å². The molecule has 1 unspecified atom stereocenters. The summed E-state index contributed by atoms with van der Waals surface area (Å²) in [6.45, 7) is 0. The summed E-state index contributed by atoms with van der Waals surface area (Å²) < 4.78 is 6.28. The maximum Gasteiger partial charge on any atom is 0.341 e. The molecule has 24 heavy (non-hydrogen) atoms. The van der Waals surface area contributed by atoms with Crippen molar-refractivity contribution >= 4 is 23.3 Å². The van der Waals surface area contributed by atoms with Crippen LogP contribution in [0.25, 0.3) is 11.3 Å². The highest BCUT2D eigenvalue weighted by molar-refractivity contribution is 7.08. The number of hydrogen-bond acceptors (Lipinski definition) is 6. The van der Waals surface area contributed by atoms with Crippen molar-refractivity contribution in [2.45, 2.75) is 12.5 Å². The zero-order valence-electron chi connectivity index (χ0n) is 12.6. The molecule has 1 atom stereocenters. The second-order valence-electron chi connectivity index (χ2n) is 5.10. The van der Waals surface area contributed by atoms with E-state index >= 15 is 0 Å². The molecule has 0 saturated carbocycles. The Bertz CT molecular complexity index is 912. The monoisotopic (exact) mass is 347 g/mol. The molecule has 8 nitrogen and oxygen atoms in total. The van der Waals surface area contributed by atoms with E-state index in [-0.39, 0.29) is 23.2 Å². The van der Waals surface area contributed by atoms with E-state index in [2.05, 4.69) is 10.2 Å². The van der Waals surface area contributed by atoms with Crippen LogP contribution in [0.3, 0.4) is 0 Å². The van der Waals surface area contributed by atoms with Gasteiger partial charge in [-0.15, -0.1) is 0 Å². The van der Waals surface area contributed by atoms with Crippen LogP contribution in [0.15, 0.2) is 34.0 Å². The van der Waals surface area contributed by atoms with Crippen LogP contribution < -0.4 is 5.56 Å². The molecular weight excluding hydrogens is 334 g/mol. The number of aromatic amines is 1. The minimum absolute atomic E-state index is 0.0963. The molecule has 0 amide bonds. The number of carbonyl (C=O) groups excluding carboxylic acids is 1. The highest BCUT2D eigenvalue weighted by Gasteiger charge is 2.25. The van der Waals surface area contributed by atoms with Gasteiger partial charge in [-0.25, -0.2) is 9.89 Å². The van der Waals surface area contributed by atoms with Gasteiger partial charge in [0.25, 0.3) is 5.56 Å². The third-order valence-corrected chi connectivity index (χ3v) is 4.34. The number of hydrogen-bond donors (Lipinski definition) is 2. The van der Waals surface area contributed by atoms with Crippen LogP contribution >= 0.6 is 11.3 Å². The van der Waals surface area contributed by atoms with E-state index in [0.29, 0.717) is 0 Å². The standard InChI is InChI=1S/C15H13N3O5S/c1-23-15(22)10-6-18(5-9-13(10)16-17-14(9)21)11(4-12(19)20)8-2-3-24-7-8/h2-3,5-7,11H,4H2,1H3,(H,17,21)(H,19,20). The van der Waals surface area contributed by atoms with Gasteiger partial charge in [-0.1, -0.05) is 0 Å². The number of carboxylic acid groups (broad SMARTS) is 1. The molecule has 3 rings (SSSR count). The average Bonchev–Trinajstić information content (AvgIpc) is 3.21. The molecule has 0 aliphatic carbocycles. The van der Waals surface area contributed by atoms with Gasteiger partial charge in [0.1, 0.15) is 11.3 Å². The Labute approximate surface area is 139 Å². The van der Waals surface area contributed by atoms with Crippen molar-refractivity contribution in [1.82, 2.24) is 14.8 Å². The number of carboxylic acids is 1. The predicted molar refractivity (Wildman–Crippen MR) is 85.5 cm³/mol. The Balaban J connectivity index is 2.21. The first kappa shape index (κ1) is 15.9. The molecule has 3 heterocycles. The Kier molecular flexibility index (Phi) is 4.17. The number of methoxy groups -OCH3 is 1. The van der Waals surface area contributed by atoms with Crippen molar-refractivity contribution in [3.05, 3.63) is 50.7 Å². The first-order valence-electron chi connectivity index (χ1n) is 6.93. The van der Waals surface area contributed by atoms with Gasteiger partial charge in [-0.2, -0.15) is 16.4 Å². The molecule has 1 aromatic rings. The fraction of sp³-hybridized carbons (Fsp3) is 0.200. The van der Waals surface area contributed by atoms with Gasteiger partial charge in [-0.05, 0) is 22.4 Å². The number of ether oxygens (including phenoxy) is 1. The van der Waals surface area contributed by atoms with Crippen molar-refractivity contribution in [2.75, 3.05) is 7.11 Å². The fourth-order valence-electron chi connectivity index (χ4n) is 2.52. The molecule has 0 spiro atoms. The molecule has 124 valence electrons. The summed E-state index contributed by atoms with van der Waals surface area (Å²) in [5, 5.41) is 19.0. The second kappa shape index (κ2) is 6.28. The zero-order valence-corrected chi connectivity index (χ0v) is 13.4. The Morgan fingerprint density at radius 3 is 2.88 bits per heavy atom. The van der Waals surface area contributed by atoms with Crippen molar-refractivity contribution in [1.29, 1.82) is 0 Å². The van der Waals surface area contributed by atoms with E-state index in [4.69, 9.17) is 4.74 Å². The molecule has 2 aliphatic heterocycles. The number of rotatable bonds is 5. The van der Waals surface area contributed by atoms with Crippen molar-refractivity contribution in [3.8, 4) is 11.3 Å². The topological polar surface area (TPSA) is 114 Å². The number of fused-ring (bicyclic) bond motifs is 1. The molecule has 1 aromatic heterocycles. The lowest BCUT2D eigenvalue weighted by Crippen LogP contribution is -2.18. The highest BCUT2D eigenvalue weighted by Crippen LogP contribution is 2.28. The number of nitrogens with zero attached hydrogens (tertiary/aromatic N) is 2. The summed E-state index contributed by atoms with van der Waals surface area (Å²) in [7, 11) is 1.23. The van der Waals surface area contributed by atoms with Gasteiger partial charge in [0.2, 0.25) is 0 Å². The molecule has 0 bridgehead atoms. The zero-order chi connectivity index (χ0) is 17.3. The lowest BCUT2D eigenvalue weighted by atomic mass is 10.0. The number of esters is 1. The second-order valence-corrected chi connectivity index (χ2v) is 5.88. The van der Waals surface area contributed by atoms with Crippen LogP contribution in [-0.4, -0.2) is 38.9 Å². The van der Waals surface area contributed by atoms with E-state index < -0.39 is 23.5 Å². The van der Waals surface area contributed by atoms with E-state index in [1.807, 2.05) is 10.8 Å². The van der Waals surface area contributed by atoms with Gasteiger partial charge in [0.15, 0.2) is 0 Å². The van der Waals surface area contributed by atoms with Crippen LogP contribution in [0.4, 0.5) is 0 Å². The number of aromatic nitrogens is 3. The Morgan fingerprint density at radius 1 is 1.46 bits per heavy atom. The van der Waals surface area contributed by atoms with Gasteiger partial charge < -0.3 is 14.4 Å². The minimum Gasteiger partial charge on any atom is -0.481 e. The van der Waals surface area contributed by atoms with E-state index in [0.717, 1.165) is 5.56 Å². The minimum atomic E-state index is -0.993. The molecule has 0 radical (unpaired) electrons. The number of nitrogens with one attached hydrogen (secondary N) is 1. The molecule has 2 aliphatic rings. The lowest BCUT2D eigenvalue weighted by Gasteiger charge is -2.20. The fourth-order valence-corrected chi connectivity index (χ4v) is 3.23. The number of pyridine rings is 1. The summed E-state index contributed by atoms with van der Waals surface area (Å²) in [4.78, 5) is 35.2. The maximum atomic E-state index is 12.0. The average molecular weight is 347 g/mol. The van der Waals surface area contributed by atoms with Crippen LogP contribution in [0, 0.1) is 0 Å². The highest BCUT2D eigenvalue weighted by atomic mass is 32.1. The van der Waals surface area contributed by atoms with Crippen molar-refractivity contribution in [3.63, 3.8) is 0 Å². The first-order valence-corrected chi connectivity index (χ1v) is 7.87. The number of carbonyl (C=O) groups is 2. The van der Waals surface area contributed by atoms with E-state index in [1.54, 1.807) is 10.6 Å². The SMILES string of the molecule is COC(=O)c1cn(C(CC(=O)O)c2ccsc2)cc2c(=O)[nH]nc1-2. The smallest absolute Gasteiger partial charge is 0.341 e. The van der Waals surface area contributed by atoms with Crippen LogP contribution in [0.1, 0.15) is 28.4 Å². The molecule has 9 heteroatoms. The molecule has 0 saturated heterocycles. The lowest BCUT2D eigenvalue weighted by molar-refractivity contribution is -0.137. The van der Waals surface area contributed by atoms with Gasteiger partial charge in [-0.3, -0.25) is 9.59 Å². The Morgan fingerprint density at radius 2 is 2.25 bits per heavy atom. The first-order chi connectivity index (χ1) is 11.5. The quantitative estimate of drug-likeness (QED) is 0.677. The maximum absolute atomic E-state index is 12.0. The number of aliphatic carboxylic acids is 1. The Hall–Kier alpha value is -2.94. The van der Waals surface area contributed by atoms with Gasteiger partial charge in [0.05, 0.1) is 25.1 Å². The summed E-state index contributed by atoms with van der Waals surface area (Å²) in [6.07, 6.45) is 2.76. The largest absolute Gasteiger partial charge is 0.481 e.